The fourth-order valence-corrected chi connectivity index (χ4v) is 1.73. The number of imidazole rings is 2. The Morgan fingerprint density at radius 3 is 2.53 bits per heavy atom. The number of nitrogens with one attached hydrogen (secondary N) is 2. The molecule has 17 heavy (non-hydrogen) atoms. The van der Waals surface area contributed by atoms with Crippen LogP contribution in [0.4, 0.5) is 0 Å². The van der Waals surface area contributed by atoms with Crippen molar-refractivity contribution in [1.82, 2.24) is 19.9 Å². The molecule has 0 radical (unpaired) electrons. The number of halogens is 1. The highest BCUT2D eigenvalue weighted by Crippen LogP contribution is 2.21. The van der Waals surface area contributed by atoms with Crippen LogP contribution in [0.2, 0.25) is 5.02 Å². The Bertz CT molecular complexity index is 610. The van der Waals surface area contributed by atoms with Crippen LogP contribution in [0.5, 0.6) is 0 Å². The van der Waals surface area contributed by atoms with Crippen molar-refractivity contribution in [3.8, 4) is 22.9 Å². The molecule has 5 heteroatoms. The Hall–Kier alpha value is -2.07. The first kappa shape index (κ1) is 10.1. The van der Waals surface area contributed by atoms with Crippen molar-refractivity contribution in [2.75, 3.05) is 0 Å². The topological polar surface area (TPSA) is 57.4 Å². The summed E-state index contributed by atoms with van der Waals surface area (Å²) < 4.78 is 0. The number of hydrogen-bond donors (Lipinski definition) is 2. The monoisotopic (exact) mass is 244 g/mol. The Balaban J connectivity index is 1.98. The van der Waals surface area contributed by atoms with Gasteiger partial charge in [0.2, 0.25) is 0 Å². The molecule has 0 spiro atoms. The fourth-order valence-electron chi connectivity index (χ4n) is 1.61. The summed E-state index contributed by atoms with van der Waals surface area (Å²) in [5.41, 5.74) is 1.89. The van der Waals surface area contributed by atoms with Crippen LogP contribution in [0, 0.1) is 0 Å². The third kappa shape index (κ3) is 1.94. The third-order valence-electron chi connectivity index (χ3n) is 2.44. The molecular weight excluding hydrogens is 236 g/mol. The molecule has 0 unspecified atom stereocenters. The van der Waals surface area contributed by atoms with Crippen LogP contribution in [0.25, 0.3) is 22.9 Å². The number of nitrogens with zero attached hydrogens (tertiary/aromatic N) is 2. The Morgan fingerprint density at radius 1 is 1.00 bits per heavy atom. The highest BCUT2D eigenvalue weighted by atomic mass is 35.5. The molecule has 84 valence electrons. The molecule has 3 aromatic rings. The summed E-state index contributed by atoms with van der Waals surface area (Å²) in [6, 6.07) is 7.56. The van der Waals surface area contributed by atoms with Gasteiger partial charge in [0.05, 0.1) is 5.69 Å². The van der Waals surface area contributed by atoms with Crippen molar-refractivity contribution in [3.63, 3.8) is 0 Å². The molecule has 0 aliphatic carbocycles. The Labute approximate surface area is 103 Å². The normalized spacial score (nSPS) is 10.6. The molecule has 0 atom stereocenters. The molecule has 0 aliphatic rings. The van der Waals surface area contributed by atoms with Crippen LogP contribution in [-0.2, 0) is 0 Å². The van der Waals surface area contributed by atoms with E-state index in [1.807, 2.05) is 30.5 Å². The number of aromatic nitrogens is 4. The molecule has 2 N–H and O–H groups in total. The van der Waals surface area contributed by atoms with Crippen LogP contribution >= 0.6 is 11.6 Å². The number of H-pyrrole nitrogens is 2. The van der Waals surface area contributed by atoms with Gasteiger partial charge in [0.25, 0.3) is 0 Å². The molecule has 2 heterocycles. The lowest BCUT2D eigenvalue weighted by Gasteiger charge is -1.95. The van der Waals surface area contributed by atoms with E-state index in [0.717, 1.165) is 27.9 Å². The second-order valence-electron chi connectivity index (χ2n) is 3.58. The van der Waals surface area contributed by atoms with Crippen LogP contribution in [0.3, 0.4) is 0 Å². The first-order valence-corrected chi connectivity index (χ1v) is 5.52. The quantitative estimate of drug-likeness (QED) is 0.728. The highest BCUT2D eigenvalue weighted by molar-refractivity contribution is 6.30. The third-order valence-corrected chi connectivity index (χ3v) is 2.69. The van der Waals surface area contributed by atoms with Gasteiger partial charge < -0.3 is 9.97 Å². The second kappa shape index (κ2) is 4.07. The zero-order chi connectivity index (χ0) is 11.7. The summed E-state index contributed by atoms with van der Waals surface area (Å²) in [7, 11) is 0. The smallest absolute Gasteiger partial charge is 0.174 e. The average molecular weight is 245 g/mol. The molecule has 0 bridgehead atoms. The minimum atomic E-state index is 0.718. The maximum Gasteiger partial charge on any atom is 0.174 e. The van der Waals surface area contributed by atoms with E-state index in [2.05, 4.69) is 19.9 Å². The van der Waals surface area contributed by atoms with Crippen molar-refractivity contribution in [1.29, 1.82) is 0 Å². The minimum absolute atomic E-state index is 0.718. The van der Waals surface area contributed by atoms with Crippen molar-refractivity contribution >= 4 is 11.6 Å². The summed E-state index contributed by atoms with van der Waals surface area (Å²) in [6.45, 7) is 0. The summed E-state index contributed by atoms with van der Waals surface area (Å²) in [5, 5.41) is 0.718. The minimum Gasteiger partial charge on any atom is -0.342 e. The zero-order valence-corrected chi connectivity index (χ0v) is 9.57. The first-order chi connectivity index (χ1) is 8.33. The van der Waals surface area contributed by atoms with Crippen molar-refractivity contribution in [3.05, 3.63) is 47.9 Å². The number of aromatic amines is 2. The van der Waals surface area contributed by atoms with E-state index in [-0.39, 0.29) is 0 Å². The standard InChI is InChI=1S/C12H9ClN4/c13-9-3-1-8(2-4-9)10-7-16-12(17-10)11-14-5-6-15-11/h1-7H,(H,14,15)(H,16,17). The molecular formula is C12H9ClN4. The number of hydrogen-bond acceptors (Lipinski definition) is 2. The van der Waals surface area contributed by atoms with Crippen molar-refractivity contribution in [2.24, 2.45) is 0 Å². The van der Waals surface area contributed by atoms with Crippen LogP contribution in [-0.4, -0.2) is 19.9 Å². The fraction of sp³-hybridized carbons (Fsp3) is 0. The highest BCUT2D eigenvalue weighted by Gasteiger charge is 2.07. The summed E-state index contributed by atoms with van der Waals surface area (Å²) in [6.07, 6.45) is 5.31. The van der Waals surface area contributed by atoms with E-state index in [1.165, 1.54) is 0 Å². The summed E-state index contributed by atoms with van der Waals surface area (Å²) >= 11 is 5.84. The van der Waals surface area contributed by atoms with E-state index in [0.29, 0.717) is 0 Å². The van der Waals surface area contributed by atoms with Crippen LogP contribution < -0.4 is 0 Å². The Morgan fingerprint density at radius 2 is 1.82 bits per heavy atom. The van der Waals surface area contributed by atoms with Gasteiger partial charge in [0.15, 0.2) is 11.6 Å². The summed E-state index contributed by atoms with van der Waals surface area (Å²) in [4.78, 5) is 14.7. The van der Waals surface area contributed by atoms with E-state index >= 15 is 0 Å². The predicted molar refractivity (Wildman–Crippen MR) is 66.6 cm³/mol. The average Bonchev–Trinajstić information content (AvgIpc) is 3.00. The molecule has 1 aromatic carbocycles. The number of rotatable bonds is 2. The van der Waals surface area contributed by atoms with E-state index < -0.39 is 0 Å². The van der Waals surface area contributed by atoms with Gasteiger partial charge in [0, 0.05) is 29.2 Å². The SMILES string of the molecule is Clc1ccc(-c2c[nH]c(-c3ncc[nH]3)n2)cc1. The Kier molecular flexibility index (Phi) is 2.42. The lowest BCUT2D eigenvalue weighted by Crippen LogP contribution is -1.82. The van der Waals surface area contributed by atoms with Crippen molar-refractivity contribution in [2.45, 2.75) is 0 Å². The first-order valence-electron chi connectivity index (χ1n) is 5.14. The summed E-state index contributed by atoms with van der Waals surface area (Å²) in [5.74, 6) is 1.45. The maximum atomic E-state index is 5.84. The van der Waals surface area contributed by atoms with E-state index in [9.17, 15) is 0 Å². The molecule has 0 amide bonds. The number of benzene rings is 1. The molecule has 0 aliphatic heterocycles. The lowest BCUT2D eigenvalue weighted by molar-refractivity contribution is 1.20. The van der Waals surface area contributed by atoms with Gasteiger partial charge in [-0.2, -0.15) is 0 Å². The van der Waals surface area contributed by atoms with Gasteiger partial charge in [-0.05, 0) is 12.1 Å². The van der Waals surface area contributed by atoms with E-state index in [1.54, 1.807) is 12.4 Å². The van der Waals surface area contributed by atoms with Gasteiger partial charge in [0.1, 0.15) is 0 Å². The molecule has 2 aromatic heterocycles. The molecule has 4 nitrogen and oxygen atoms in total. The largest absolute Gasteiger partial charge is 0.342 e. The van der Waals surface area contributed by atoms with Crippen LogP contribution in [0.1, 0.15) is 0 Å². The van der Waals surface area contributed by atoms with E-state index in [4.69, 9.17) is 11.6 Å². The lowest BCUT2D eigenvalue weighted by atomic mass is 10.2. The molecule has 0 saturated carbocycles. The molecule has 0 fully saturated rings. The van der Waals surface area contributed by atoms with Crippen molar-refractivity contribution < 1.29 is 0 Å². The predicted octanol–water partition coefficient (Wildman–Crippen LogP) is 3.12. The van der Waals surface area contributed by atoms with Gasteiger partial charge in [-0.1, -0.05) is 23.7 Å². The van der Waals surface area contributed by atoms with Gasteiger partial charge in [-0.25, -0.2) is 9.97 Å². The molecule has 3 rings (SSSR count). The van der Waals surface area contributed by atoms with Gasteiger partial charge >= 0.3 is 0 Å². The van der Waals surface area contributed by atoms with Gasteiger partial charge in [-0.15, -0.1) is 0 Å². The molecule has 0 saturated heterocycles. The van der Waals surface area contributed by atoms with Gasteiger partial charge in [-0.3, -0.25) is 0 Å². The second-order valence-corrected chi connectivity index (χ2v) is 4.02. The maximum absolute atomic E-state index is 5.84. The van der Waals surface area contributed by atoms with Crippen LogP contribution in [0.15, 0.2) is 42.9 Å². The zero-order valence-electron chi connectivity index (χ0n) is 8.81.